The third kappa shape index (κ3) is 2.90. The van der Waals surface area contributed by atoms with Gasteiger partial charge in [-0.2, -0.15) is 8.78 Å². The minimum absolute atomic E-state index is 0. The second-order valence-corrected chi connectivity index (χ2v) is 3.24. The molecule has 0 heterocycles. The Morgan fingerprint density at radius 1 is 1.31 bits per heavy atom. The Bertz CT molecular complexity index is 281. The van der Waals surface area contributed by atoms with Crippen LogP contribution in [0.3, 0.4) is 0 Å². The minimum atomic E-state index is -2.94. The zero-order valence-electron chi connectivity index (χ0n) is 6.64. The van der Waals surface area contributed by atoms with Crippen LogP contribution >= 0.6 is 28.3 Å². The lowest BCUT2D eigenvalue weighted by molar-refractivity contribution is 0.00520. The molecule has 0 aliphatic carbocycles. The third-order valence-corrected chi connectivity index (χ3v) is 2.22. The first-order valence-electron chi connectivity index (χ1n) is 3.41. The van der Waals surface area contributed by atoms with Gasteiger partial charge in [-0.25, -0.2) is 0 Å². The molecule has 2 N–H and O–H groups in total. The van der Waals surface area contributed by atoms with Gasteiger partial charge in [-0.15, -0.1) is 12.4 Å². The highest BCUT2D eigenvalue weighted by Gasteiger charge is 2.31. The number of benzene rings is 1. The van der Waals surface area contributed by atoms with Crippen molar-refractivity contribution in [3.8, 4) is 0 Å². The van der Waals surface area contributed by atoms with Crippen LogP contribution in [0.25, 0.3) is 0 Å². The molecule has 0 saturated heterocycles. The summed E-state index contributed by atoms with van der Waals surface area (Å²) < 4.78 is 26.4. The van der Waals surface area contributed by atoms with Gasteiger partial charge in [-0.3, -0.25) is 0 Å². The monoisotopic (exact) mass is 271 g/mol. The predicted molar refractivity (Wildman–Crippen MR) is 54.3 cm³/mol. The molecule has 0 saturated carbocycles. The molecule has 0 unspecified atom stereocenters. The summed E-state index contributed by atoms with van der Waals surface area (Å²) in [6.45, 7) is -0.671. The fraction of sp³-hybridized carbons (Fsp3) is 0.250. The maximum atomic E-state index is 13.0. The standard InChI is InChI=1S/C8H8BrF2N.ClH/c9-7-4-2-1-3-6(7)8(10,11)5-12;/h1-4H,5,12H2;1H. The van der Waals surface area contributed by atoms with Gasteiger partial charge in [0.25, 0.3) is 5.92 Å². The zero-order chi connectivity index (χ0) is 9.19. The molecule has 0 atom stereocenters. The first kappa shape index (κ1) is 12.8. The topological polar surface area (TPSA) is 26.0 Å². The van der Waals surface area contributed by atoms with Crippen LogP contribution in [0.15, 0.2) is 28.7 Å². The molecule has 5 heteroatoms. The van der Waals surface area contributed by atoms with Crippen molar-refractivity contribution in [3.05, 3.63) is 34.3 Å². The molecule has 0 aromatic heterocycles. The summed E-state index contributed by atoms with van der Waals surface area (Å²) in [5.41, 5.74) is 4.87. The molecule has 1 nitrogen and oxygen atoms in total. The molecule has 0 spiro atoms. The maximum Gasteiger partial charge on any atom is 0.286 e. The highest BCUT2D eigenvalue weighted by molar-refractivity contribution is 9.10. The van der Waals surface area contributed by atoms with Crippen molar-refractivity contribution < 1.29 is 8.78 Å². The number of halogens is 4. The molecule has 0 aliphatic rings. The van der Waals surface area contributed by atoms with Gasteiger partial charge >= 0.3 is 0 Å². The first-order chi connectivity index (χ1) is 5.58. The van der Waals surface area contributed by atoms with Crippen LogP contribution in [-0.2, 0) is 5.92 Å². The fourth-order valence-electron chi connectivity index (χ4n) is 0.868. The Hall–Kier alpha value is -0.190. The highest BCUT2D eigenvalue weighted by Crippen LogP contribution is 2.31. The minimum Gasteiger partial charge on any atom is -0.325 e. The molecule has 1 rings (SSSR count). The predicted octanol–water partition coefficient (Wildman–Crippen LogP) is 2.92. The summed E-state index contributed by atoms with van der Waals surface area (Å²) in [5.74, 6) is -2.94. The fourth-order valence-corrected chi connectivity index (χ4v) is 1.44. The Morgan fingerprint density at radius 3 is 2.31 bits per heavy atom. The van der Waals surface area contributed by atoms with Gasteiger partial charge in [-0.1, -0.05) is 34.1 Å². The molecular weight excluding hydrogens is 263 g/mol. The van der Waals surface area contributed by atoms with Crippen molar-refractivity contribution in [3.63, 3.8) is 0 Å². The number of alkyl halides is 2. The van der Waals surface area contributed by atoms with Crippen LogP contribution in [-0.4, -0.2) is 6.54 Å². The molecule has 74 valence electrons. The van der Waals surface area contributed by atoms with E-state index in [2.05, 4.69) is 15.9 Å². The van der Waals surface area contributed by atoms with Gasteiger partial charge in [0.1, 0.15) is 0 Å². The van der Waals surface area contributed by atoms with Crippen LogP contribution in [0.2, 0.25) is 0 Å². The highest BCUT2D eigenvalue weighted by atomic mass is 79.9. The van der Waals surface area contributed by atoms with Gasteiger partial charge in [0.2, 0.25) is 0 Å². The van der Waals surface area contributed by atoms with E-state index in [9.17, 15) is 8.78 Å². The summed E-state index contributed by atoms with van der Waals surface area (Å²) in [6.07, 6.45) is 0. The summed E-state index contributed by atoms with van der Waals surface area (Å²) in [7, 11) is 0. The first-order valence-corrected chi connectivity index (χ1v) is 4.20. The largest absolute Gasteiger partial charge is 0.325 e. The molecule has 13 heavy (non-hydrogen) atoms. The Kier molecular flexibility index (Phi) is 4.81. The van der Waals surface area contributed by atoms with Crippen molar-refractivity contribution in [2.75, 3.05) is 6.54 Å². The van der Waals surface area contributed by atoms with Crippen molar-refractivity contribution in [1.29, 1.82) is 0 Å². The van der Waals surface area contributed by atoms with Crippen molar-refractivity contribution >= 4 is 28.3 Å². The molecule has 0 bridgehead atoms. The van der Waals surface area contributed by atoms with Crippen molar-refractivity contribution in [1.82, 2.24) is 0 Å². The maximum absolute atomic E-state index is 13.0. The molecular formula is C8H9BrClF2N. The van der Waals surface area contributed by atoms with Crippen molar-refractivity contribution in [2.24, 2.45) is 5.73 Å². The quantitative estimate of drug-likeness (QED) is 0.880. The van der Waals surface area contributed by atoms with E-state index in [1.165, 1.54) is 6.07 Å². The van der Waals surface area contributed by atoms with E-state index in [1.807, 2.05) is 0 Å². The van der Waals surface area contributed by atoms with E-state index >= 15 is 0 Å². The Balaban J connectivity index is 0.00000144. The van der Waals surface area contributed by atoms with E-state index < -0.39 is 12.5 Å². The molecule has 0 amide bonds. The number of rotatable bonds is 2. The smallest absolute Gasteiger partial charge is 0.286 e. The number of nitrogens with two attached hydrogens (primary N) is 1. The molecule has 0 fully saturated rings. The van der Waals surface area contributed by atoms with E-state index in [-0.39, 0.29) is 18.0 Å². The zero-order valence-corrected chi connectivity index (χ0v) is 9.04. The lowest BCUT2D eigenvalue weighted by Gasteiger charge is -2.15. The molecule has 1 aromatic carbocycles. The average molecular weight is 273 g/mol. The SMILES string of the molecule is Cl.NCC(F)(F)c1ccccc1Br. The van der Waals surface area contributed by atoms with Crippen LogP contribution in [0.1, 0.15) is 5.56 Å². The summed E-state index contributed by atoms with van der Waals surface area (Å²) in [6, 6.07) is 6.17. The molecule has 1 aromatic rings. The summed E-state index contributed by atoms with van der Waals surface area (Å²) in [5, 5.41) is 0. The second kappa shape index (κ2) is 4.88. The lowest BCUT2D eigenvalue weighted by Crippen LogP contribution is -2.25. The molecule has 0 aliphatic heterocycles. The van der Waals surface area contributed by atoms with E-state index in [4.69, 9.17) is 5.73 Å². The molecule has 0 radical (unpaired) electrons. The van der Waals surface area contributed by atoms with E-state index in [0.29, 0.717) is 4.47 Å². The van der Waals surface area contributed by atoms with Gasteiger partial charge in [0.15, 0.2) is 0 Å². The lowest BCUT2D eigenvalue weighted by atomic mass is 10.1. The number of hydrogen-bond acceptors (Lipinski definition) is 1. The average Bonchev–Trinajstić information content (AvgIpc) is 2.05. The van der Waals surface area contributed by atoms with Gasteiger partial charge in [-0.05, 0) is 6.07 Å². The second-order valence-electron chi connectivity index (χ2n) is 2.39. The van der Waals surface area contributed by atoms with Crippen LogP contribution in [0.5, 0.6) is 0 Å². The van der Waals surface area contributed by atoms with E-state index in [0.717, 1.165) is 0 Å². The van der Waals surface area contributed by atoms with Crippen LogP contribution in [0.4, 0.5) is 8.78 Å². The van der Waals surface area contributed by atoms with Crippen LogP contribution < -0.4 is 5.73 Å². The summed E-state index contributed by atoms with van der Waals surface area (Å²) >= 11 is 3.04. The number of hydrogen-bond donors (Lipinski definition) is 1. The van der Waals surface area contributed by atoms with Gasteiger partial charge in [0, 0.05) is 10.0 Å². The Labute approximate surface area is 89.9 Å². The van der Waals surface area contributed by atoms with Crippen molar-refractivity contribution in [2.45, 2.75) is 5.92 Å². The normalized spacial score (nSPS) is 10.8. The van der Waals surface area contributed by atoms with Crippen LogP contribution in [0, 0.1) is 0 Å². The van der Waals surface area contributed by atoms with Gasteiger partial charge in [0.05, 0.1) is 6.54 Å². The third-order valence-electron chi connectivity index (χ3n) is 1.52. The van der Waals surface area contributed by atoms with Gasteiger partial charge < -0.3 is 5.73 Å². The van der Waals surface area contributed by atoms with E-state index in [1.54, 1.807) is 18.2 Å². The summed E-state index contributed by atoms with van der Waals surface area (Å²) in [4.78, 5) is 0. The Morgan fingerprint density at radius 2 is 1.85 bits per heavy atom.